The third kappa shape index (κ3) is 15.3. The van der Waals surface area contributed by atoms with Crippen LogP contribution in [0.5, 0.6) is 0 Å². The van der Waals surface area contributed by atoms with Crippen molar-refractivity contribution in [3.63, 3.8) is 0 Å². The molecule has 5 amide bonds. The number of aliphatic hydroxyl groups excluding tert-OH is 1. The number of amides is 5. The maximum absolute atomic E-state index is 13.2. The summed E-state index contributed by atoms with van der Waals surface area (Å²) in [5.74, 6) is -2.85. The molecule has 3 aromatic carbocycles. The highest BCUT2D eigenvalue weighted by atomic mass is 32.2. The molecule has 3 rings (SSSR count). The van der Waals surface area contributed by atoms with Crippen LogP contribution < -0.4 is 27.0 Å². The second kappa shape index (κ2) is 21.4. The zero-order chi connectivity index (χ0) is 38.0. The summed E-state index contributed by atoms with van der Waals surface area (Å²) in [5.41, 5.74) is 7.82. The average molecular weight is 732 g/mol. The number of nitrogens with two attached hydrogens (primary N) is 1. The molecule has 3 aromatic rings. The Bertz CT molecular complexity index is 1560. The zero-order valence-electron chi connectivity index (χ0n) is 28.5. The monoisotopic (exact) mass is 731 g/mol. The molecule has 51 heavy (non-hydrogen) atoms. The molecule has 15 heteroatoms. The van der Waals surface area contributed by atoms with Crippen LogP contribution in [-0.2, 0) is 25.6 Å². The quantitative estimate of drug-likeness (QED) is 0.131. The van der Waals surface area contributed by atoms with Crippen LogP contribution in [0.15, 0.2) is 84.9 Å². The molecule has 2 unspecified atom stereocenters. The third-order valence-corrected chi connectivity index (χ3v) is 7.96. The maximum atomic E-state index is 13.2. The van der Waals surface area contributed by atoms with Crippen LogP contribution in [-0.4, -0.2) is 83.6 Å². The Hall–Kier alpha value is -4.89. The van der Waals surface area contributed by atoms with Crippen molar-refractivity contribution in [1.82, 2.24) is 21.3 Å². The number of aliphatic hydroxyl groups is 1. The van der Waals surface area contributed by atoms with Gasteiger partial charge in [0.1, 0.15) is 12.1 Å². The van der Waals surface area contributed by atoms with Gasteiger partial charge in [-0.2, -0.15) is 24.9 Å². The minimum atomic E-state index is -5.10. The Balaban J connectivity index is 0.00000213. The Kier molecular flexibility index (Phi) is 17.7. The highest BCUT2D eigenvalue weighted by Crippen LogP contribution is 2.24. The third-order valence-electron chi connectivity index (χ3n) is 7.38. The van der Waals surface area contributed by atoms with Crippen LogP contribution in [0.3, 0.4) is 0 Å². The van der Waals surface area contributed by atoms with Crippen LogP contribution in [0.4, 0.5) is 13.2 Å². The molecule has 0 aliphatic rings. The number of carbonyl (C=O) groups is 5. The minimum Gasteiger partial charge on any atom is -0.382 e. The molecule has 11 nitrogen and oxygen atoms in total. The molecule has 0 radical (unpaired) electrons. The van der Waals surface area contributed by atoms with Crippen molar-refractivity contribution < 1.29 is 42.3 Å². The summed E-state index contributed by atoms with van der Waals surface area (Å²) in [6, 6.07) is 20.3. The normalized spacial score (nSPS) is 13.2. The Labute approximate surface area is 299 Å². The predicted molar refractivity (Wildman–Crippen MR) is 190 cm³/mol. The Morgan fingerprint density at radius 2 is 1.37 bits per heavy atom. The van der Waals surface area contributed by atoms with Gasteiger partial charge >= 0.3 is 6.18 Å². The summed E-state index contributed by atoms with van der Waals surface area (Å²) in [5, 5.41) is 19.1. The summed E-state index contributed by atoms with van der Waals surface area (Å²) in [6.45, 7) is 2.86. The Morgan fingerprint density at radius 3 is 1.90 bits per heavy atom. The largest absolute Gasteiger partial charge is 0.416 e. The van der Waals surface area contributed by atoms with E-state index in [1.807, 2.05) is 47.4 Å². The summed E-state index contributed by atoms with van der Waals surface area (Å²) in [6.07, 6.45) is -7.16. The fraction of sp³-hybridized carbons (Fsp3) is 0.361. The van der Waals surface area contributed by atoms with Crippen LogP contribution in [0.1, 0.15) is 42.6 Å². The van der Waals surface area contributed by atoms with E-state index in [0.717, 1.165) is 11.1 Å². The predicted octanol–water partition coefficient (Wildman–Crippen LogP) is 3.36. The fourth-order valence-electron chi connectivity index (χ4n) is 4.53. The zero-order valence-corrected chi connectivity index (χ0v) is 29.4. The number of hydrogen-bond acceptors (Lipinski definition) is 7. The molecule has 7 N–H and O–H groups in total. The van der Waals surface area contributed by atoms with Gasteiger partial charge < -0.3 is 32.1 Å². The van der Waals surface area contributed by atoms with E-state index in [0.29, 0.717) is 11.1 Å². The van der Waals surface area contributed by atoms with Gasteiger partial charge in [0.25, 0.3) is 5.91 Å². The molecule has 0 fully saturated rings. The number of carbonyl (C=O) groups excluding carboxylic acids is 5. The molecule has 0 aliphatic carbocycles. The van der Waals surface area contributed by atoms with Gasteiger partial charge in [0.15, 0.2) is 6.10 Å². The van der Waals surface area contributed by atoms with Gasteiger partial charge in [0, 0.05) is 18.4 Å². The lowest BCUT2D eigenvalue weighted by Gasteiger charge is -2.27. The summed E-state index contributed by atoms with van der Waals surface area (Å²) in [7, 11) is 0. The number of primary amides is 1. The van der Waals surface area contributed by atoms with Gasteiger partial charge in [0.2, 0.25) is 23.6 Å². The summed E-state index contributed by atoms with van der Waals surface area (Å²) < 4.78 is 39.5. The molecule has 0 aromatic heterocycles. The SMILES string of the molecule is CCSC.C[C@H](NC(=O)[C@H](Cc1ccccc1)NC(=O)CNC(=O)c1ccc(-c2ccccc2)cc1)C(=O)NC(CCC(N)=O)C(O)C(F)(F)F. The molecular weight excluding hydrogens is 687 g/mol. The molecule has 0 saturated heterocycles. The molecule has 0 bridgehead atoms. The van der Waals surface area contributed by atoms with E-state index in [9.17, 15) is 42.3 Å². The summed E-state index contributed by atoms with van der Waals surface area (Å²) in [4.78, 5) is 62.6. The molecule has 0 saturated carbocycles. The van der Waals surface area contributed by atoms with E-state index in [2.05, 4.69) is 29.1 Å². The van der Waals surface area contributed by atoms with Crippen LogP contribution in [0.2, 0.25) is 0 Å². The number of rotatable bonds is 16. The maximum Gasteiger partial charge on any atom is 0.416 e. The van der Waals surface area contributed by atoms with Gasteiger partial charge in [-0.15, -0.1) is 0 Å². The number of nitrogens with one attached hydrogen (secondary N) is 4. The van der Waals surface area contributed by atoms with Crippen LogP contribution in [0, 0.1) is 0 Å². The summed E-state index contributed by atoms with van der Waals surface area (Å²) >= 11 is 1.86. The van der Waals surface area contributed by atoms with Gasteiger partial charge in [-0.05, 0) is 54.2 Å². The van der Waals surface area contributed by atoms with Gasteiger partial charge in [0.05, 0.1) is 12.6 Å². The standard InChI is InChI=1S/C33H36F3N5O6.C3H8S/c1-20(30(45)41-25(16-17-27(37)42)29(44)33(34,35)36)39-32(47)26(18-21-8-4-2-5-9-21)40-28(43)19-38-31(46)24-14-12-23(13-15-24)22-10-6-3-7-11-22;1-3-4-2/h2-15,20,25-26,29,44H,16-19H2,1H3,(H2,37,42)(H,38,46)(H,39,47)(H,40,43)(H,41,45);3H2,1-2H3/t20-,25?,26-,29?;/m0./s1. The van der Waals surface area contributed by atoms with Crippen LogP contribution >= 0.6 is 11.8 Å². The minimum absolute atomic E-state index is 0.0182. The number of benzene rings is 3. The van der Waals surface area contributed by atoms with Crippen molar-refractivity contribution >= 4 is 41.3 Å². The topological polar surface area (TPSA) is 180 Å². The number of alkyl halides is 3. The second-order valence-electron chi connectivity index (χ2n) is 11.4. The van der Waals surface area contributed by atoms with E-state index >= 15 is 0 Å². The fourth-order valence-corrected chi connectivity index (χ4v) is 4.53. The van der Waals surface area contributed by atoms with Crippen LogP contribution in [0.25, 0.3) is 11.1 Å². The first kappa shape index (κ1) is 42.3. The lowest BCUT2D eigenvalue weighted by atomic mass is 10.0. The van der Waals surface area contributed by atoms with E-state index in [1.165, 1.54) is 12.7 Å². The smallest absolute Gasteiger partial charge is 0.382 e. The number of thioether (sulfide) groups is 1. The number of hydrogen-bond donors (Lipinski definition) is 6. The van der Waals surface area contributed by atoms with E-state index in [-0.39, 0.29) is 6.42 Å². The molecular formula is C36H44F3N5O6S. The molecule has 0 heterocycles. The molecule has 4 atom stereocenters. The first-order chi connectivity index (χ1) is 24.2. The van der Waals surface area contributed by atoms with E-state index < -0.39 is 79.3 Å². The van der Waals surface area contributed by atoms with Crippen molar-refractivity contribution in [2.45, 2.75) is 63.5 Å². The van der Waals surface area contributed by atoms with E-state index in [1.54, 1.807) is 54.6 Å². The molecule has 0 spiro atoms. The van der Waals surface area contributed by atoms with Gasteiger partial charge in [-0.25, -0.2) is 0 Å². The molecule has 276 valence electrons. The Morgan fingerprint density at radius 1 is 0.824 bits per heavy atom. The lowest BCUT2D eigenvalue weighted by molar-refractivity contribution is -0.212. The van der Waals surface area contributed by atoms with E-state index in [4.69, 9.17) is 5.73 Å². The van der Waals surface area contributed by atoms with Crippen molar-refractivity contribution in [2.75, 3.05) is 18.6 Å². The van der Waals surface area contributed by atoms with Gasteiger partial charge in [-0.1, -0.05) is 79.7 Å². The van der Waals surface area contributed by atoms with Crippen molar-refractivity contribution in [2.24, 2.45) is 5.73 Å². The first-order valence-corrected chi connectivity index (χ1v) is 17.4. The van der Waals surface area contributed by atoms with Crippen molar-refractivity contribution in [3.8, 4) is 11.1 Å². The molecule has 0 aliphatic heterocycles. The number of halogens is 3. The van der Waals surface area contributed by atoms with Crippen molar-refractivity contribution in [3.05, 3.63) is 96.1 Å². The van der Waals surface area contributed by atoms with Crippen molar-refractivity contribution in [1.29, 1.82) is 0 Å². The second-order valence-corrected chi connectivity index (χ2v) is 12.5. The van der Waals surface area contributed by atoms with Gasteiger partial charge in [-0.3, -0.25) is 24.0 Å². The highest BCUT2D eigenvalue weighted by molar-refractivity contribution is 7.98. The average Bonchev–Trinajstić information content (AvgIpc) is 3.12. The first-order valence-electron chi connectivity index (χ1n) is 16.1. The lowest BCUT2D eigenvalue weighted by Crippen LogP contribution is -2.57. The highest BCUT2D eigenvalue weighted by Gasteiger charge is 2.44.